The molecule has 4 rings (SSSR count). The first kappa shape index (κ1) is 17.8. The van der Waals surface area contributed by atoms with Crippen LogP contribution in [0.15, 0.2) is 78.3 Å². The van der Waals surface area contributed by atoms with Crippen LogP contribution in [0.3, 0.4) is 0 Å². The molecule has 0 aliphatic heterocycles. The molecule has 9 heteroatoms. The SMILES string of the molecule is CS(=O)(=O)c1ccc(-c2ccnc(Nc3ccc(-n4cncn4)cc3)n2)cc1. The van der Waals surface area contributed by atoms with Gasteiger partial charge in [0, 0.05) is 23.7 Å². The van der Waals surface area contributed by atoms with Crippen LogP contribution in [0.5, 0.6) is 0 Å². The van der Waals surface area contributed by atoms with Crippen LogP contribution in [0.1, 0.15) is 0 Å². The summed E-state index contributed by atoms with van der Waals surface area (Å²) in [5, 5.41) is 7.25. The molecule has 0 saturated carbocycles. The van der Waals surface area contributed by atoms with E-state index in [9.17, 15) is 8.42 Å². The van der Waals surface area contributed by atoms with E-state index in [1.165, 1.54) is 12.6 Å². The van der Waals surface area contributed by atoms with Gasteiger partial charge in [0.25, 0.3) is 0 Å². The minimum Gasteiger partial charge on any atom is -0.324 e. The number of anilines is 2. The molecule has 0 saturated heterocycles. The number of nitrogens with zero attached hydrogens (tertiary/aromatic N) is 5. The molecule has 2 aromatic heterocycles. The summed E-state index contributed by atoms with van der Waals surface area (Å²) in [4.78, 5) is 12.9. The number of hydrogen-bond acceptors (Lipinski definition) is 7. The molecule has 0 fully saturated rings. The first-order valence-corrected chi connectivity index (χ1v) is 10.2. The van der Waals surface area contributed by atoms with Gasteiger partial charge in [0.2, 0.25) is 5.95 Å². The molecule has 2 aromatic carbocycles. The van der Waals surface area contributed by atoms with Crippen LogP contribution in [0.2, 0.25) is 0 Å². The Morgan fingerprint density at radius 3 is 2.36 bits per heavy atom. The predicted molar refractivity (Wildman–Crippen MR) is 105 cm³/mol. The Labute approximate surface area is 161 Å². The van der Waals surface area contributed by atoms with E-state index in [4.69, 9.17) is 0 Å². The molecule has 2 heterocycles. The fourth-order valence-corrected chi connectivity index (χ4v) is 3.25. The summed E-state index contributed by atoms with van der Waals surface area (Å²) in [6.45, 7) is 0. The highest BCUT2D eigenvalue weighted by Gasteiger charge is 2.08. The van der Waals surface area contributed by atoms with Crippen LogP contribution in [0.25, 0.3) is 16.9 Å². The van der Waals surface area contributed by atoms with Crippen molar-refractivity contribution in [2.45, 2.75) is 4.90 Å². The molecule has 4 aromatic rings. The second-order valence-electron chi connectivity index (χ2n) is 6.07. The lowest BCUT2D eigenvalue weighted by Crippen LogP contribution is -1.99. The lowest BCUT2D eigenvalue weighted by Gasteiger charge is -2.08. The number of rotatable bonds is 5. The van der Waals surface area contributed by atoms with Crippen molar-refractivity contribution in [2.24, 2.45) is 0 Å². The predicted octanol–water partition coefficient (Wildman–Crippen LogP) is 2.87. The van der Waals surface area contributed by atoms with Crippen molar-refractivity contribution in [2.75, 3.05) is 11.6 Å². The minimum absolute atomic E-state index is 0.274. The van der Waals surface area contributed by atoms with Crippen molar-refractivity contribution in [3.8, 4) is 16.9 Å². The molecule has 0 aliphatic rings. The highest BCUT2D eigenvalue weighted by molar-refractivity contribution is 7.90. The minimum atomic E-state index is -3.23. The zero-order valence-electron chi connectivity index (χ0n) is 14.9. The molecule has 0 spiro atoms. The van der Waals surface area contributed by atoms with Crippen molar-refractivity contribution < 1.29 is 8.42 Å². The van der Waals surface area contributed by atoms with Crippen molar-refractivity contribution >= 4 is 21.5 Å². The molecule has 0 bridgehead atoms. The third-order valence-electron chi connectivity index (χ3n) is 4.04. The fraction of sp³-hybridized carbons (Fsp3) is 0.0526. The topological polar surface area (TPSA) is 103 Å². The smallest absolute Gasteiger partial charge is 0.227 e. The Morgan fingerprint density at radius 1 is 0.964 bits per heavy atom. The lowest BCUT2D eigenvalue weighted by atomic mass is 10.1. The summed E-state index contributed by atoms with van der Waals surface area (Å²) in [6, 6.07) is 16.0. The van der Waals surface area contributed by atoms with Gasteiger partial charge in [-0.15, -0.1) is 0 Å². The van der Waals surface area contributed by atoms with E-state index in [0.717, 1.165) is 16.9 Å². The van der Waals surface area contributed by atoms with Gasteiger partial charge in [-0.3, -0.25) is 0 Å². The normalized spacial score (nSPS) is 11.3. The Bertz CT molecular complexity index is 1190. The average molecular weight is 392 g/mol. The maximum Gasteiger partial charge on any atom is 0.227 e. The standard InChI is InChI=1S/C19H16N6O2S/c1-28(26,27)17-8-2-14(3-9-17)18-10-11-21-19(24-18)23-15-4-6-16(7-5-15)25-13-20-12-22-25/h2-13H,1H3,(H,21,23,24). The van der Waals surface area contributed by atoms with Crippen LogP contribution < -0.4 is 5.32 Å². The molecule has 0 aliphatic carbocycles. The Morgan fingerprint density at radius 2 is 1.71 bits per heavy atom. The number of sulfone groups is 1. The van der Waals surface area contributed by atoms with Gasteiger partial charge in [-0.25, -0.2) is 28.1 Å². The molecule has 140 valence electrons. The molecule has 0 amide bonds. The molecule has 1 N–H and O–H groups in total. The van der Waals surface area contributed by atoms with Gasteiger partial charge in [-0.1, -0.05) is 12.1 Å². The van der Waals surface area contributed by atoms with Gasteiger partial charge in [0.05, 0.1) is 16.3 Å². The van der Waals surface area contributed by atoms with Crippen molar-refractivity contribution in [1.82, 2.24) is 24.7 Å². The monoisotopic (exact) mass is 392 g/mol. The zero-order valence-corrected chi connectivity index (χ0v) is 15.7. The van der Waals surface area contributed by atoms with Crippen LogP contribution >= 0.6 is 0 Å². The molecule has 0 atom stereocenters. The molecular formula is C19H16N6O2S. The first-order chi connectivity index (χ1) is 13.5. The van der Waals surface area contributed by atoms with Crippen LogP contribution in [-0.2, 0) is 9.84 Å². The van der Waals surface area contributed by atoms with Crippen LogP contribution in [-0.4, -0.2) is 39.4 Å². The van der Waals surface area contributed by atoms with E-state index in [1.807, 2.05) is 24.3 Å². The maximum atomic E-state index is 11.6. The van der Waals surface area contributed by atoms with Gasteiger partial charge < -0.3 is 5.32 Å². The highest BCUT2D eigenvalue weighted by atomic mass is 32.2. The lowest BCUT2D eigenvalue weighted by molar-refractivity contribution is 0.602. The Balaban J connectivity index is 1.54. The third-order valence-corrected chi connectivity index (χ3v) is 5.17. The van der Waals surface area contributed by atoms with Gasteiger partial charge in [-0.2, -0.15) is 5.10 Å². The second-order valence-corrected chi connectivity index (χ2v) is 8.09. The van der Waals surface area contributed by atoms with Crippen LogP contribution in [0.4, 0.5) is 11.6 Å². The Hall–Kier alpha value is -3.59. The number of nitrogens with one attached hydrogen (secondary N) is 1. The summed E-state index contributed by atoms with van der Waals surface area (Å²) >= 11 is 0. The molecular weight excluding hydrogens is 376 g/mol. The Kier molecular flexibility index (Phi) is 4.58. The van der Waals surface area contributed by atoms with E-state index in [2.05, 4.69) is 25.4 Å². The summed E-state index contributed by atoms with van der Waals surface area (Å²) in [6.07, 6.45) is 5.94. The van der Waals surface area contributed by atoms with E-state index >= 15 is 0 Å². The summed E-state index contributed by atoms with van der Waals surface area (Å²) in [5.41, 5.74) is 3.22. The molecule has 0 radical (unpaired) electrons. The number of aromatic nitrogens is 5. The van der Waals surface area contributed by atoms with Crippen LogP contribution in [0, 0.1) is 0 Å². The van der Waals surface area contributed by atoms with E-state index in [1.54, 1.807) is 47.5 Å². The van der Waals surface area contributed by atoms with E-state index in [-0.39, 0.29) is 4.90 Å². The third kappa shape index (κ3) is 3.89. The first-order valence-electron chi connectivity index (χ1n) is 8.35. The average Bonchev–Trinajstić information content (AvgIpc) is 3.23. The maximum absolute atomic E-state index is 11.6. The quantitative estimate of drug-likeness (QED) is 0.557. The highest BCUT2D eigenvalue weighted by Crippen LogP contribution is 2.22. The molecule has 28 heavy (non-hydrogen) atoms. The molecule has 8 nitrogen and oxygen atoms in total. The van der Waals surface area contributed by atoms with Crippen molar-refractivity contribution in [3.63, 3.8) is 0 Å². The van der Waals surface area contributed by atoms with Crippen molar-refractivity contribution in [1.29, 1.82) is 0 Å². The van der Waals surface area contributed by atoms with Gasteiger partial charge in [-0.05, 0) is 42.5 Å². The van der Waals surface area contributed by atoms with E-state index < -0.39 is 9.84 Å². The summed E-state index contributed by atoms with van der Waals surface area (Å²) in [7, 11) is -3.23. The summed E-state index contributed by atoms with van der Waals surface area (Å²) < 4.78 is 24.9. The van der Waals surface area contributed by atoms with Gasteiger partial charge >= 0.3 is 0 Å². The second kappa shape index (κ2) is 7.20. The van der Waals surface area contributed by atoms with Gasteiger partial charge in [0.15, 0.2) is 9.84 Å². The largest absolute Gasteiger partial charge is 0.324 e. The van der Waals surface area contributed by atoms with Crippen molar-refractivity contribution in [3.05, 3.63) is 73.4 Å². The summed E-state index contributed by atoms with van der Waals surface area (Å²) in [5.74, 6) is 0.443. The number of benzene rings is 2. The van der Waals surface area contributed by atoms with E-state index in [0.29, 0.717) is 11.6 Å². The zero-order chi connectivity index (χ0) is 19.6. The fourth-order valence-electron chi connectivity index (χ4n) is 2.62. The molecule has 0 unspecified atom stereocenters. The number of hydrogen-bond donors (Lipinski definition) is 1. The van der Waals surface area contributed by atoms with Gasteiger partial charge in [0.1, 0.15) is 12.7 Å².